The zero-order valence-electron chi connectivity index (χ0n) is 11.3. The van der Waals surface area contributed by atoms with Gasteiger partial charge in [0.1, 0.15) is 0 Å². The van der Waals surface area contributed by atoms with Gasteiger partial charge in [0.15, 0.2) is 11.5 Å². The van der Waals surface area contributed by atoms with E-state index in [1.165, 1.54) is 14.2 Å². The van der Waals surface area contributed by atoms with E-state index >= 15 is 0 Å². The molecule has 3 atom stereocenters. The number of aromatic hydroxyl groups is 1. The second-order valence-corrected chi connectivity index (χ2v) is 4.93. The molecule has 6 nitrogen and oxygen atoms in total. The zero-order chi connectivity index (χ0) is 14.3. The maximum Gasteiger partial charge on any atom is 0.311 e. The third-order valence-corrected chi connectivity index (χ3v) is 3.91. The van der Waals surface area contributed by atoms with Crippen LogP contribution in [0.4, 0.5) is 0 Å². The molecule has 0 amide bonds. The van der Waals surface area contributed by atoms with Crippen LogP contribution in [-0.4, -0.2) is 38.5 Å². The molecule has 2 saturated heterocycles. The molecule has 2 aliphatic heterocycles. The summed E-state index contributed by atoms with van der Waals surface area (Å²) in [6.07, 6.45) is -0.255. The van der Waals surface area contributed by atoms with E-state index in [-0.39, 0.29) is 29.7 Å². The Morgan fingerprint density at radius 3 is 2.45 bits per heavy atom. The number of phenols is 1. The van der Waals surface area contributed by atoms with Crippen LogP contribution < -0.4 is 9.47 Å². The predicted octanol–water partition coefficient (Wildman–Crippen LogP) is 1.27. The number of carbonyl (C=O) groups is 1. The summed E-state index contributed by atoms with van der Waals surface area (Å²) >= 11 is 0. The smallest absolute Gasteiger partial charge is 0.311 e. The van der Waals surface area contributed by atoms with Crippen LogP contribution >= 0.6 is 0 Å². The standard InChI is InChI=1S/C14H16O6/c1-17-10-3-7(4-11(18-2)12(10)15)13-8-5-20-14(16)9(8)6-19-13/h3-4,8-9,13,15H,5-6H2,1-2H3/t8-,9-,13-/m0/s1. The molecule has 3 rings (SSSR count). The number of ether oxygens (including phenoxy) is 4. The van der Waals surface area contributed by atoms with E-state index in [1.54, 1.807) is 12.1 Å². The molecule has 0 aliphatic carbocycles. The molecule has 0 aromatic heterocycles. The van der Waals surface area contributed by atoms with Gasteiger partial charge in [-0.05, 0) is 17.7 Å². The summed E-state index contributed by atoms with van der Waals surface area (Å²) in [4.78, 5) is 11.5. The minimum atomic E-state index is -0.255. The molecule has 1 aromatic carbocycles. The lowest BCUT2D eigenvalue weighted by atomic mass is 9.90. The molecule has 2 aliphatic rings. The van der Waals surface area contributed by atoms with Crippen LogP contribution in [0.25, 0.3) is 0 Å². The molecule has 20 heavy (non-hydrogen) atoms. The lowest BCUT2D eigenvalue weighted by Crippen LogP contribution is -2.14. The molecule has 108 valence electrons. The third kappa shape index (κ3) is 1.87. The normalized spacial score (nSPS) is 28.1. The van der Waals surface area contributed by atoms with Gasteiger partial charge in [-0.15, -0.1) is 0 Å². The van der Waals surface area contributed by atoms with Gasteiger partial charge < -0.3 is 24.1 Å². The van der Waals surface area contributed by atoms with Crippen LogP contribution in [0.2, 0.25) is 0 Å². The number of hydrogen-bond donors (Lipinski definition) is 1. The fraction of sp³-hybridized carbons (Fsp3) is 0.500. The molecule has 0 bridgehead atoms. The van der Waals surface area contributed by atoms with Crippen LogP contribution in [0.3, 0.4) is 0 Å². The Kier molecular flexibility index (Phi) is 3.17. The molecule has 0 unspecified atom stereocenters. The second-order valence-electron chi connectivity index (χ2n) is 4.93. The second kappa shape index (κ2) is 4.86. The van der Waals surface area contributed by atoms with Crippen molar-refractivity contribution in [3.63, 3.8) is 0 Å². The molecule has 2 fully saturated rings. The number of phenolic OH excluding ortho intramolecular Hbond substituents is 1. The van der Waals surface area contributed by atoms with Crippen molar-refractivity contribution in [2.75, 3.05) is 27.4 Å². The average Bonchev–Trinajstić information content (AvgIpc) is 3.03. The van der Waals surface area contributed by atoms with E-state index in [9.17, 15) is 9.90 Å². The zero-order valence-corrected chi connectivity index (χ0v) is 11.3. The Bertz CT molecular complexity index is 515. The largest absolute Gasteiger partial charge is 0.502 e. The minimum Gasteiger partial charge on any atom is -0.502 e. The van der Waals surface area contributed by atoms with E-state index in [1.807, 2.05) is 0 Å². The maximum atomic E-state index is 11.5. The molecular weight excluding hydrogens is 264 g/mol. The van der Waals surface area contributed by atoms with Gasteiger partial charge in [0.2, 0.25) is 5.75 Å². The quantitative estimate of drug-likeness (QED) is 0.840. The Hall–Kier alpha value is -1.95. The van der Waals surface area contributed by atoms with Crippen molar-refractivity contribution in [2.45, 2.75) is 6.10 Å². The van der Waals surface area contributed by atoms with Gasteiger partial charge in [-0.2, -0.15) is 0 Å². The van der Waals surface area contributed by atoms with Gasteiger partial charge in [0, 0.05) is 5.92 Å². The molecular formula is C14H16O6. The summed E-state index contributed by atoms with van der Waals surface area (Å²) < 4.78 is 21.1. The third-order valence-electron chi connectivity index (χ3n) is 3.91. The minimum absolute atomic E-state index is 0.00135. The summed E-state index contributed by atoms with van der Waals surface area (Å²) in [6.45, 7) is 0.722. The van der Waals surface area contributed by atoms with Crippen molar-refractivity contribution in [2.24, 2.45) is 11.8 Å². The van der Waals surface area contributed by atoms with Gasteiger partial charge in [0.25, 0.3) is 0 Å². The van der Waals surface area contributed by atoms with Gasteiger partial charge in [-0.25, -0.2) is 0 Å². The Labute approximate surface area is 116 Å². The lowest BCUT2D eigenvalue weighted by Gasteiger charge is -2.18. The predicted molar refractivity (Wildman–Crippen MR) is 67.8 cm³/mol. The number of carbonyl (C=O) groups excluding carboxylic acids is 1. The van der Waals surface area contributed by atoms with Crippen molar-refractivity contribution in [1.29, 1.82) is 0 Å². The van der Waals surface area contributed by atoms with Crippen molar-refractivity contribution < 1.29 is 28.8 Å². The van der Waals surface area contributed by atoms with Crippen LogP contribution in [-0.2, 0) is 14.3 Å². The molecule has 0 saturated carbocycles. The number of fused-ring (bicyclic) bond motifs is 1. The summed E-state index contributed by atoms with van der Waals surface area (Å²) in [5, 5.41) is 9.92. The first-order chi connectivity index (χ1) is 9.65. The van der Waals surface area contributed by atoms with Crippen molar-refractivity contribution in [1.82, 2.24) is 0 Å². The Morgan fingerprint density at radius 1 is 1.20 bits per heavy atom. The molecule has 2 heterocycles. The van der Waals surface area contributed by atoms with Crippen molar-refractivity contribution >= 4 is 5.97 Å². The van der Waals surface area contributed by atoms with Crippen LogP contribution in [0.15, 0.2) is 12.1 Å². The highest BCUT2D eigenvalue weighted by Crippen LogP contribution is 2.46. The van der Waals surface area contributed by atoms with Gasteiger partial charge in [-0.1, -0.05) is 0 Å². The molecule has 6 heteroatoms. The van der Waals surface area contributed by atoms with Crippen LogP contribution in [0, 0.1) is 11.8 Å². The number of benzene rings is 1. The maximum absolute atomic E-state index is 11.5. The summed E-state index contributed by atoms with van der Waals surface area (Å²) in [5.41, 5.74) is 0.808. The van der Waals surface area contributed by atoms with Crippen molar-refractivity contribution in [3.05, 3.63) is 17.7 Å². The summed E-state index contributed by atoms with van der Waals surface area (Å²) in [5.74, 6) is 0.183. The van der Waals surface area contributed by atoms with E-state index in [0.29, 0.717) is 24.7 Å². The molecule has 0 spiro atoms. The monoisotopic (exact) mass is 280 g/mol. The van der Waals surface area contributed by atoms with E-state index in [4.69, 9.17) is 18.9 Å². The Morgan fingerprint density at radius 2 is 1.85 bits per heavy atom. The highest BCUT2D eigenvalue weighted by atomic mass is 16.6. The van der Waals surface area contributed by atoms with Gasteiger partial charge >= 0.3 is 5.97 Å². The molecule has 0 radical (unpaired) electrons. The lowest BCUT2D eigenvalue weighted by molar-refractivity contribution is -0.142. The SMILES string of the molecule is COc1cc([C@@H]2OC[C@@H]3C(=O)OC[C@@H]32)cc(OC)c1O. The van der Waals surface area contributed by atoms with E-state index in [0.717, 1.165) is 5.56 Å². The van der Waals surface area contributed by atoms with Gasteiger partial charge in [0.05, 0.1) is 39.5 Å². The topological polar surface area (TPSA) is 74.2 Å². The van der Waals surface area contributed by atoms with E-state index < -0.39 is 0 Å². The number of hydrogen-bond acceptors (Lipinski definition) is 6. The molecule has 1 aromatic rings. The van der Waals surface area contributed by atoms with Crippen LogP contribution in [0.1, 0.15) is 11.7 Å². The fourth-order valence-corrected chi connectivity index (χ4v) is 2.82. The number of rotatable bonds is 3. The van der Waals surface area contributed by atoms with Gasteiger partial charge in [-0.3, -0.25) is 4.79 Å². The van der Waals surface area contributed by atoms with Crippen molar-refractivity contribution in [3.8, 4) is 17.2 Å². The number of methoxy groups -OCH3 is 2. The summed E-state index contributed by atoms with van der Waals surface area (Å²) in [6, 6.07) is 3.40. The fourth-order valence-electron chi connectivity index (χ4n) is 2.82. The average molecular weight is 280 g/mol. The number of cyclic esters (lactones) is 1. The summed E-state index contributed by atoms with van der Waals surface area (Å²) in [7, 11) is 2.94. The first-order valence-electron chi connectivity index (χ1n) is 6.38. The highest BCUT2D eigenvalue weighted by Gasteiger charge is 2.48. The number of esters is 1. The first kappa shape index (κ1) is 13.1. The van der Waals surface area contributed by atoms with Crippen LogP contribution in [0.5, 0.6) is 17.2 Å². The Balaban J connectivity index is 1.96. The first-order valence-corrected chi connectivity index (χ1v) is 6.38. The highest BCUT2D eigenvalue weighted by molar-refractivity contribution is 5.75. The molecule has 1 N–H and O–H groups in total. The van der Waals surface area contributed by atoms with E-state index in [2.05, 4.69) is 0 Å².